The maximum Gasteiger partial charge on any atom is 0.336 e. The summed E-state index contributed by atoms with van der Waals surface area (Å²) in [5.41, 5.74) is 2.59. The second-order valence-corrected chi connectivity index (χ2v) is 9.05. The van der Waals surface area contributed by atoms with E-state index in [2.05, 4.69) is 15.3 Å². The van der Waals surface area contributed by atoms with Crippen molar-refractivity contribution in [1.29, 1.82) is 0 Å². The number of methoxy groups -OCH3 is 3. The Morgan fingerprint density at radius 3 is 1.90 bits per heavy atom. The quantitative estimate of drug-likeness (QED) is 0.225. The van der Waals surface area contributed by atoms with E-state index in [0.29, 0.717) is 22.5 Å². The molecule has 4 aromatic rings. The Morgan fingerprint density at radius 2 is 1.33 bits per heavy atom. The number of Topliss-reactive ketones (excluding diaryl/α,β-unsaturated/α-hetero) is 1. The molecule has 0 amide bonds. The molecule has 42 heavy (non-hydrogen) atoms. The fraction of sp³-hybridized carbons (Fsp3) is 0.125. The molecule has 0 spiro atoms. The van der Waals surface area contributed by atoms with Crippen LogP contribution in [-0.2, 0) is 19.1 Å². The summed E-state index contributed by atoms with van der Waals surface area (Å²) < 4.78 is 15.5. The summed E-state index contributed by atoms with van der Waals surface area (Å²) in [6, 6.07) is 25.9. The van der Waals surface area contributed by atoms with Crippen molar-refractivity contribution in [2.75, 3.05) is 26.3 Å². The molecule has 0 bridgehead atoms. The van der Waals surface area contributed by atoms with Crippen LogP contribution in [-0.4, -0.2) is 61.0 Å². The Labute approximate surface area is 241 Å². The summed E-state index contributed by atoms with van der Waals surface area (Å²) in [4.78, 5) is 40.5. The van der Waals surface area contributed by atoms with Crippen molar-refractivity contribution in [2.45, 2.75) is 6.04 Å². The summed E-state index contributed by atoms with van der Waals surface area (Å²) in [7, 11) is 3.78. The van der Waals surface area contributed by atoms with Crippen LogP contribution in [0.25, 0.3) is 22.4 Å². The Hall–Kier alpha value is -5.64. The molecular weight excluding hydrogens is 536 g/mol. The van der Waals surface area contributed by atoms with E-state index < -0.39 is 23.8 Å². The van der Waals surface area contributed by atoms with Crippen LogP contribution >= 0.6 is 0 Å². The van der Waals surface area contributed by atoms with Crippen molar-refractivity contribution in [3.63, 3.8) is 0 Å². The van der Waals surface area contributed by atoms with Crippen molar-refractivity contribution >= 4 is 29.1 Å². The predicted octanol–water partition coefficient (Wildman–Crippen LogP) is 4.52. The number of ketones is 1. The maximum atomic E-state index is 14.5. The van der Waals surface area contributed by atoms with Gasteiger partial charge < -0.3 is 14.2 Å². The van der Waals surface area contributed by atoms with Gasteiger partial charge in [-0.1, -0.05) is 78.9 Å². The lowest BCUT2D eigenvalue weighted by Gasteiger charge is -2.31. The lowest BCUT2D eigenvalue weighted by atomic mass is 9.91. The molecule has 1 unspecified atom stereocenters. The highest BCUT2D eigenvalue weighted by molar-refractivity contribution is 6.52. The maximum absolute atomic E-state index is 14.5. The van der Waals surface area contributed by atoms with Gasteiger partial charge in [0.25, 0.3) is 0 Å². The van der Waals surface area contributed by atoms with Gasteiger partial charge in [0.2, 0.25) is 11.7 Å². The lowest BCUT2D eigenvalue weighted by molar-refractivity contribution is -0.144. The fourth-order valence-electron chi connectivity index (χ4n) is 4.67. The molecule has 0 aliphatic carbocycles. The zero-order valence-electron chi connectivity index (χ0n) is 23.1. The number of aromatic nitrogens is 2. The van der Waals surface area contributed by atoms with Crippen molar-refractivity contribution in [2.24, 2.45) is 5.10 Å². The normalized spacial score (nSPS) is 14.4. The first-order valence-electron chi connectivity index (χ1n) is 12.9. The number of para-hydroxylation sites is 1. The number of allylic oxidation sites excluding steroid dienone is 1. The van der Waals surface area contributed by atoms with Crippen LogP contribution in [0.5, 0.6) is 5.88 Å². The van der Waals surface area contributed by atoms with Gasteiger partial charge in [-0.15, -0.1) is 10.2 Å². The molecule has 210 valence electrons. The van der Waals surface area contributed by atoms with E-state index in [1.807, 2.05) is 60.7 Å². The Kier molecular flexibility index (Phi) is 8.14. The number of hydrogen-bond donors (Lipinski definition) is 0. The summed E-state index contributed by atoms with van der Waals surface area (Å²) in [5, 5.41) is 14.5. The highest BCUT2D eigenvalue weighted by atomic mass is 16.5. The van der Waals surface area contributed by atoms with Crippen molar-refractivity contribution < 1.29 is 28.6 Å². The largest absolute Gasteiger partial charge is 0.479 e. The second kappa shape index (κ2) is 12.3. The number of hydrogen-bond acceptors (Lipinski definition) is 10. The molecule has 10 heteroatoms. The van der Waals surface area contributed by atoms with Gasteiger partial charge in [0.15, 0.2) is 6.04 Å². The summed E-state index contributed by atoms with van der Waals surface area (Å²) in [5.74, 6) is -2.22. The van der Waals surface area contributed by atoms with Gasteiger partial charge in [0, 0.05) is 11.1 Å². The van der Waals surface area contributed by atoms with Gasteiger partial charge in [-0.3, -0.25) is 4.79 Å². The fourth-order valence-corrected chi connectivity index (χ4v) is 4.67. The molecule has 10 nitrogen and oxygen atoms in total. The summed E-state index contributed by atoms with van der Waals surface area (Å²) in [6.45, 7) is 0. The molecule has 5 rings (SSSR count). The zero-order chi connectivity index (χ0) is 29.6. The summed E-state index contributed by atoms with van der Waals surface area (Å²) >= 11 is 0. The molecule has 0 N–H and O–H groups in total. The van der Waals surface area contributed by atoms with Crippen LogP contribution in [0.4, 0.5) is 5.69 Å². The Morgan fingerprint density at radius 1 is 0.738 bits per heavy atom. The van der Waals surface area contributed by atoms with Crippen LogP contribution in [0.3, 0.4) is 0 Å². The number of carbonyl (C=O) groups is 3. The number of nitrogens with zero attached hydrogens (tertiary/aromatic N) is 4. The SMILES string of the molecule is COC(=O)C1=CC(C(=O)c2c(OC)nnc(-c3ccccc3)c2-c2ccccc2)=NN(c2ccccc2)C1C(=O)OC. The first-order valence-corrected chi connectivity index (χ1v) is 12.9. The number of ether oxygens (including phenoxy) is 3. The number of anilines is 1. The van der Waals surface area contributed by atoms with Gasteiger partial charge in [-0.05, 0) is 23.8 Å². The van der Waals surface area contributed by atoms with Crippen molar-refractivity contribution in [3.8, 4) is 28.3 Å². The van der Waals surface area contributed by atoms with Crippen molar-refractivity contribution in [3.05, 3.63) is 108 Å². The average Bonchev–Trinajstić information content (AvgIpc) is 3.07. The van der Waals surface area contributed by atoms with Gasteiger partial charge in [-0.25, -0.2) is 14.6 Å². The Bertz CT molecular complexity index is 1690. The molecule has 0 radical (unpaired) electrons. The third-order valence-electron chi connectivity index (χ3n) is 6.62. The summed E-state index contributed by atoms with van der Waals surface area (Å²) in [6.07, 6.45) is 1.24. The first-order chi connectivity index (χ1) is 20.5. The molecule has 0 saturated carbocycles. The Balaban J connectivity index is 1.78. The second-order valence-electron chi connectivity index (χ2n) is 9.05. The smallest absolute Gasteiger partial charge is 0.336 e. The van der Waals surface area contributed by atoms with Crippen molar-refractivity contribution in [1.82, 2.24) is 10.2 Å². The monoisotopic (exact) mass is 562 g/mol. The third-order valence-corrected chi connectivity index (χ3v) is 6.62. The first kappa shape index (κ1) is 27.9. The number of rotatable bonds is 8. The van der Waals surface area contributed by atoms with Crippen LogP contribution in [0, 0.1) is 0 Å². The topological polar surface area (TPSA) is 120 Å². The van der Waals surface area contributed by atoms with E-state index in [-0.39, 0.29) is 22.7 Å². The van der Waals surface area contributed by atoms with E-state index in [0.717, 1.165) is 5.56 Å². The number of carbonyl (C=O) groups excluding carboxylic acids is 3. The minimum atomic E-state index is -1.30. The molecule has 1 aliphatic rings. The van der Waals surface area contributed by atoms with Crippen LogP contribution in [0.15, 0.2) is 108 Å². The number of hydrazone groups is 1. The highest BCUT2D eigenvalue weighted by Crippen LogP contribution is 2.38. The van der Waals surface area contributed by atoms with Gasteiger partial charge in [0.05, 0.1) is 38.2 Å². The van der Waals surface area contributed by atoms with E-state index in [9.17, 15) is 14.4 Å². The van der Waals surface area contributed by atoms with E-state index in [4.69, 9.17) is 14.2 Å². The molecule has 3 aromatic carbocycles. The van der Waals surface area contributed by atoms with E-state index >= 15 is 0 Å². The third kappa shape index (κ3) is 5.25. The van der Waals surface area contributed by atoms with Gasteiger partial charge in [0.1, 0.15) is 11.4 Å². The van der Waals surface area contributed by atoms with Gasteiger partial charge in [-0.2, -0.15) is 5.10 Å². The van der Waals surface area contributed by atoms with Crippen LogP contribution in [0.2, 0.25) is 0 Å². The predicted molar refractivity (Wildman–Crippen MR) is 156 cm³/mol. The van der Waals surface area contributed by atoms with E-state index in [1.165, 1.54) is 32.4 Å². The molecule has 2 heterocycles. The number of esters is 2. The number of benzene rings is 3. The minimum absolute atomic E-state index is 0.0318. The van der Waals surface area contributed by atoms with E-state index in [1.54, 1.807) is 30.3 Å². The molecule has 1 aromatic heterocycles. The van der Waals surface area contributed by atoms with Gasteiger partial charge >= 0.3 is 11.9 Å². The van der Waals surface area contributed by atoms with Crippen LogP contribution in [0.1, 0.15) is 10.4 Å². The lowest BCUT2D eigenvalue weighted by Crippen LogP contribution is -2.46. The molecule has 0 saturated heterocycles. The average molecular weight is 563 g/mol. The highest BCUT2D eigenvalue weighted by Gasteiger charge is 2.40. The molecular formula is C32H26N4O6. The molecule has 1 aliphatic heterocycles. The zero-order valence-corrected chi connectivity index (χ0v) is 23.1. The molecule has 1 atom stereocenters. The molecule has 0 fully saturated rings. The van der Waals surface area contributed by atoms with Crippen LogP contribution < -0.4 is 9.75 Å². The standard InChI is InChI=1S/C32H26N4O6/c1-40-30-26(25(20-13-7-4-8-14-20)27(33-34-30)21-15-9-5-10-16-21)29(37)24-19-23(31(38)41-2)28(32(39)42-3)36(35-24)22-17-11-6-12-18-22/h4-19,28H,1-3H3. The minimum Gasteiger partial charge on any atom is -0.479 e.